The van der Waals surface area contributed by atoms with Crippen molar-refractivity contribution in [2.75, 3.05) is 34.4 Å². The lowest BCUT2D eigenvalue weighted by atomic mass is 10.0. The summed E-state index contributed by atoms with van der Waals surface area (Å²) in [4.78, 5) is 77.0. The second-order valence-corrected chi connectivity index (χ2v) is 33.3. The van der Waals surface area contributed by atoms with E-state index < -0.39 is 0 Å². The number of nitrogens with two attached hydrogens (primary N) is 6. The Kier molecular flexibility index (Phi) is 27.6. The van der Waals surface area contributed by atoms with Crippen LogP contribution in [0.5, 0.6) is 0 Å². The van der Waals surface area contributed by atoms with Crippen LogP contribution in [0.1, 0.15) is 39.7 Å². The van der Waals surface area contributed by atoms with Gasteiger partial charge in [-0.05, 0) is 128 Å². The van der Waals surface area contributed by atoms with Gasteiger partial charge in [0.05, 0.1) is 137 Å². The molecule has 0 aliphatic rings. The molecule has 150 heavy (non-hydrogen) atoms. The van der Waals surface area contributed by atoms with E-state index in [0.717, 1.165) is 71.0 Å². The van der Waals surface area contributed by atoms with Gasteiger partial charge in [-0.3, -0.25) is 40.6 Å². The van der Waals surface area contributed by atoms with Crippen LogP contribution in [0.4, 0.5) is 34.9 Å². The van der Waals surface area contributed by atoms with Gasteiger partial charge in [-0.15, -0.1) is 10.2 Å². The SMILES string of the molecule is Cc1cc(-c2nc(C#N)c(N)nc2-c2cccnn2)cc2cn[nH]c12.N#Cc1nc(-c2cc(Cl)c3[nH]ncc3c2)c(-c2cccnn2)nc1N.N#Cc1nc(-c2cc(Cl)c3[nH]ncc3c2)c(-c2ccncn2)nc1N.N#Cc1nc(-c2cc(Cl)c3[nH]ncc3c2)c(-c2ccnnc2)nc1N.N#Cc1nc(-c2cc(Cl)c3[nH]ncc3c2)c(-c2cnccn2)nc1N.N#Cc1nc(-c2cc(Cl)c3[nH]ncc3c2)c(-c2ncccn2)nc1N. The Balaban J connectivity index is 0.000000113. The van der Waals surface area contributed by atoms with Crippen LogP contribution in [0.25, 0.3) is 201 Å². The van der Waals surface area contributed by atoms with E-state index in [4.69, 9.17) is 92.4 Å². The zero-order valence-electron chi connectivity index (χ0n) is 76.2. The number of aromatic nitrogens is 36. The summed E-state index contributed by atoms with van der Waals surface area (Å²) in [6.07, 6.45) is 27.1. The maximum Gasteiger partial charge on any atom is 0.183 e. The van der Waals surface area contributed by atoms with Crippen LogP contribution in [0, 0.1) is 74.9 Å². The largest absolute Gasteiger partial charge is 0.381 e. The molecule has 0 radical (unpaired) electrons. The Morgan fingerprint density at radius 3 is 0.893 bits per heavy atom. The highest BCUT2D eigenvalue weighted by atomic mass is 35.5. The van der Waals surface area contributed by atoms with Crippen molar-refractivity contribution in [3.8, 4) is 172 Å². The Bertz CT molecular complexity index is 8200. The van der Waals surface area contributed by atoms with Crippen LogP contribution >= 0.6 is 58.0 Å². The quantitative estimate of drug-likeness (QED) is 0.0540. The molecule has 53 heteroatoms. The van der Waals surface area contributed by atoms with Gasteiger partial charge < -0.3 is 34.4 Å². The van der Waals surface area contributed by atoms with Crippen molar-refractivity contribution in [3.05, 3.63) is 286 Å². The first-order chi connectivity index (χ1) is 73.0. The van der Waals surface area contributed by atoms with Gasteiger partial charge in [0.15, 0.2) is 74.9 Å². The average Bonchev–Trinajstić information content (AvgIpc) is 0.939. The van der Waals surface area contributed by atoms with Gasteiger partial charge in [0, 0.05) is 115 Å². The number of nitrogens with one attached hydrogen (secondary N) is 6. The number of anilines is 6. The zero-order chi connectivity index (χ0) is 104. The molecule has 0 fully saturated rings. The van der Waals surface area contributed by atoms with E-state index in [-0.39, 0.29) is 69.1 Å². The average molecular weight is 2070 g/mol. The maximum atomic E-state index is 9.27. The molecule has 24 rings (SSSR count). The molecule has 24 aromatic rings. The first-order valence-electron chi connectivity index (χ1n) is 43.2. The summed E-state index contributed by atoms with van der Waals surface area (Å²) < 4.78 is 0. The summed E-state index contributed by atoms with van der Waals surface area (Å²) in [5, 5.41) is 128. The fraction of sp³-hybridized carbons (Fsp3) is 0.0103. The van der Waals surface area contributed by atoms with Crippen LogP contribution in [0.3, 0.4) is 0 Å². The molecule has 6 aromatic carbocycles. The summed E-state index contributed by atoms with van der Waals surface area (Å²) in [7, 11) is 0. The van der Waals surface area contributed by atoms with Crippen LogP contribution in [0.2, 0.25) is 25.1 Å². The minimum absolute atomic E-state index is 0.0178. The number of benzene rings is 6. The lowest BCUT2D eigenvalue weighted by Crippen LogP contribution is -2.04. The standard InChI is InChI=1S/C17H12N8.5C16H9ClN8/c1-9-5-10(6-11-8-21-25-14(9)11)15-16(12-3-2-4-20-24-12)23-17(19)13(7-18)22-15;17-10-4-8(3-9-6-22-25-13(9)10)14-15(12-7-20-1-2-21-12)24-16(19)11(5-18)23-14;17-10-4-8(3-9-6-22-25-13(9)10)14-15(11-1-2-20-7-21-11)24-16(19)12(5-18)23-14;17-11-4-9(3-10-7-22-25-13(10)11)15-14(8-1-2-20-21-6-8)24-16(19)12(5-18)23-15;17-10-5-8(4-9-7-22-25-12(9)10)13-14(16-20-2-1-3-21-16)24-15(19)11(6-18)23-13;17-10-5-8(4-9-7-21-25-13(9)10)14-15(11-2-1-3-20-24-11)23-16(19)12(6-18)22-14/h2-6,8H,1H3,(H2,19,23)(H,21,25);3*1-4,6-7H,(H2,19,24)(H,22,25);1-5,7H,(H2,19,24)(H,22,25);1-5,7H,(H2,19,23)(H,21,25). The lowest BCUT2D eigenvalue weighted by Gasteiger charge is -2.10. The molecule has 18 aromatic heterocycles. The summed E-state index contributed by atoms with van der Waals surface area (Å²) >= 11 is 31.6. The van der Waals surface area contributed by atoms with Crippen LogP contribution in [-0.2, 0) is 0 Å². The van der Waals surface area contributed by atoms with Gasteiger partial charge in [0.2, 0.25) is 0 Å². The van der Waals surface area contributed by atoms with E-state index in [0.29, 0.717) is 161 Å². The minimum atomic E-state index is 0.0178. The molecule has 0 atom stereocenters. The molecule has 48 nitrogen and oxygen atoms in total. The van der Waals surface area contributed by atoms with Crippen molar-refractivity contribution in [2.24, 2.45) is 0 Å². The highest BCUT2D eigenvalue weighted by molar-refractivity contribution is 6.37. The van der Waals surface area contributed by atoms with Crippen LogP contribution in [-0.4, -0.2) is 181 Å². The van der Waals surface area contributed by atoms with E-state index in [2.05, 4.69) is 181 Å². The maximum absolute atomic E-state index is 9.27. The third-order valence-corrected chi connectivity index (χ3v) is 23.4. The van der Waals surface area contributed by atoms with E-state index in [1.165, 1.54) is 6.33 Å². The third-order valence-electron chi connectivity index (χ3n) is 22.0. The van der Waals surface area contributed by atoms with E-state index >= 15 is 0 Å². The predicted molar refractivity (Wildman–Crippen MR) is 553 cm³/mol. The number of aromatic amines is 6. The molecule has 0 spiro atoms. The molecule has 18 N–H and O–H groups in total. The summed E-state index contributed by atoms with van der Waals surface area (Å²) in [5.41, 5.74) is 53.1. The summed E-state index contributed by atoms with van der Waals surface area (Å²) in [6, 6.07) is 45.6. The van der Waals surface area contributed by atoms with Crippen molar-refractivity contribution in [1.29, 1.82) is 31.6 Å². The number of fused-ring (bicyclic) bond motifs is 6. The third kappa shape index (κ3) is 20.1. The number of hydrogen-bond acceptors (Lipinski definition) is 42. The van der Waals surface area contributed by atoms with E-state index in [9.17, 15) is 31.6 Å². The summed E-state index contributed by atoms with van der Waals surface area (Å²) in [6.45, 7) is 1.97. The Morgan fingerprint density at radius 2 is 0.567 bits per heavy atom. The van der Waals surface area contributed by atoms with Gasteiger partial charge >= 0.3 is 0 Å². The van der Waals surface area contributed by atoms with E-state index in [1.54, 1.807) is 172 Å². The number of rotatable bonds is 12. The van der Waals surface area contributed by atoms with Crippen LogP contribution in [0.15, 0.2) is 221 Å². The molecular formula is C97H57Cl5N48. The first-order valence-corrected chi connectivity index (χ1v) is 45.1. The smallest absolute Gasteiger partial charge is 0.183 e. The number of H-pyrrole nitrogens is 6. The second kappa shape index (κ2) is 42.6. The van der Waals surface area contributed by atoms with Crippen molar-refractivity contribution in [1.82, 2.24) is 181 Å². The molecular weight excluding hydrogens is 2010 g/mol. The molecule has 0 aliphatic carbocycles. The molecule has 0 saturated carbocycles. The molecule has 0 saturated heterocycles. The summed E-state index contributed by atoms with van der Waals surface area (Å²) in [5.74, 6) is 0.579. The Morgan fingerprint density at radius 1 is 0.247 bits per heavy atom. The fourth-order valence-electron chi connectivity index (χ4n) is 15.1. The Hall–Kier alpha value is -21.7. The number of nitrogens with zero attached hydrogens (tertiary/aromatic N) is 36. The zero-order valence-corrected chi connectivity index (χ0v) is 80.0. The number of halogens is 5. The predicted octanol–water partition coefficient (Wildman–Crippen LogP) is 15.2. The normalized spacial score (nSPS) is 10.7. The highest BCUT2D eigenvalue weighted by Gasteiger charge is 2.27. The lowest BCUT2D eigenvalue weighted by molar-refractivity contribution is 1.02. The van der Waals surface area contributed by atoms with Crippen molar-refractivity contribution in [2.45, 2.75) is 6.92 Å². The van der Waals surface area contributed by atoms with Crippen molar-refractivity contribution >= 4 is 158 Å². The molecule has 0 bridgehead atoms. The van der Waals surface area contributed by atoms with Gasteiger partial charge in [-0.1, -0.05) is 58.0 Å². The molecule has 18 heterocycles. The molecule has 0 amide bonds. The first kappa shape index (κ1) is 97.1. The van der Waals surface area contributed by atoms with E-state index in [1.807, 2.05) is 85.8 Å². The topological polar surface area (TPSA) is 780 Å². The molecule has 0 aliphatic heterocycles. The number of aryl methyl sites for hydroxylation is 1. The molecule has 0 unspecified atom stereocenters. The van der Waals surface area contributed by atoms with Gasteiger partial charge in [-0.2, -0.15) is 82.6 Å². The van der Waals surface area contributed by atoms with Gasteiger partial charge in [-0.25, -0.2) is 79.7 Å². The number of hydrogen-bond donors (Lipinski definition) is 12. The molecule has 720 valence electrons. The van der Waals surface area contributed by atoms with Crippen molar-refractivity contribution < 1.29 is 0 Å². The Labute approximate surface area is 865 Å². The van der Waals surface area contributed by atoms with Crippen LogP contribution < -0.4 is 34.4 Å². The van der Waals surface area contributed by atoms with Gasteiger partial charge in [0.25, 0.3) is 0 Å². The second-order valence-electron chi connectivity index (χ2n) is 31.3. The van der Waals surface area contributed by atoms with Crippen molar-refractivity contribution in [3.63, 3.8) is 0 Å². The number of nitriles is 6. The highest BCUT2D eigenvalue weighted by Crippen LogP contribution is 2.42. The van der Waals surface area contributed by atoms with Gasteiger partial charge in [0.1, 0.15) is 111 Å². The number of nitrogen functional groups attached to an aromatic ring is 6. The fourth-order valence-corrected chi connectivity index (χ4v) is 16.5. The minimum Gasteiger partial charge on any atom is -0.381 e. The monoisotopic (exact) mass is 2070 g/mol.